The van der Waals surface area contributed by atoms with Gasteiger partial charge >= 0.3 is 159 Å². The van der Waals surface area contributed by atoms with Gasteiger partial charge in [0.25, 0.3) is 0 Å². The van der Waals surface area contributed by atoms with E-state index < -0.39 is 8.07 Å². The maximum atomic E-state index is 12.2. The van der Waals surface area contributed by atoms with Gasteiger partial charge in [-0.25, -0.2) is 0 Å². The van der Waals surface area contributed by atoms with Crippen molar-refractivity contribution in [3.05, 3.63) is 78.7 Å². The van der Waals surface area contributed by atoms with E-state index in [-0.39, 0.29) is 42.5 Å². The number of benzene rings is 3. The average Bonchev–Trinajstić information content (AvgIpc) is 3.38. The van der Waals surface area contributed by atoms with Crippen LogP contribution < -0.4 is 10.4 Å². The summed E-state index contributed by atoms with van der Waals surface area (Å²) in [6, 6.07) is 23.6. The molecule has 3 nitrogen and oxygen atoms in total. The minimum absolute atomic E-state index is 0. The Kier molecular flexibility index (Phi) is 10.3. The first-order chi connectivity index (χ1) is 20.5. The summed E-state index contributed by atoms with van der Waals surface area (Å²) >= 11 is 0.392. The number of aliphatic hydroxyl groups is 1. The van der Waals surface area contributed by atoms with Crippen LogP contribution in [0.2, 0.25) is 13.1 Å². The van der Waals surface area contributed by atoms with Gasteiger partial charge in [-0.3, -0.25) is 4.79 Å². The Balaban J connectivity index is 0.000000218. The Labute approximate surface area is 283 Å². The molecule has 3 heterocycles. The van der Waals surface area contributed by atoms with Gasteiger partial charge in [0.15, 0.2) is 5.78 Å². The van der Waals surface area contributed by atoms with Crippen LogP contribution in [0.15, 0.2) is 72.6 Å². The normalized spacial score (nSPS) is 14.1. The standard InChI is InChI=1S/C23H16NSeSi.C15H28O2.Ir/c1-26(2)19-12-6-11-18-21(19)20-16(9-5-10-17(20)25-18)22-23(26)15-8-4-3-7-14(15)13-24-22;1-7-14(5,8-2)12(16)11-13(17)15(6,9-3)10-4;/h3-8,10-13H,1-2H3;11,16H,7-10H2,1-6H3;/q-1;;/b;12-11-;. The van der Waals surface area contributed by atoms with Crippen LogP contribution in [0, 0.1) is 16.9 Å². The van der Waals surface area contributed by atoms with Crippen LogP contribution in [-0.2, 0) is 24.9 Å². The van der Waals surface area contributed by atoms with E-state index in [2.05, 4.69) is 73.8 Å². The van der Waals surface area contributed by atoms with Gasteiger partial charge in [-0.05, 0) is 25.7 Å². The van der Waals surface area contributed by atoms with Crippen molar-refractivity contribution in [2.75, 3.05) is 0 Å². The molecule has 44 heavy (non-hydrogen) atoms. The number of fused-ring (bicyclic) bond motifs is 4. The van der Waals surface area contributed by atoms with Gasteiger partial charge < -0.3 is 5.11 Å². The molecule has 0 saturated heterocycles. The molecule has 0 atom stereocenters. The number of rotatable bonds is 7. The van der Waals surface area contributed by atoms with Crippen LogP contribution in [-0.4, -0.2) is 38.5 Å². The van der Waals surface area contributed by atoms with Gasteiger partial charge in [-0.15, -0.1) is 0 Å². The molecule has 2 aromatic heterocycles. The molecular weight excluding hydrogens is 802 g/mol. The van der Waals surface area contributed by atoms with Crippen LogP contribution in [0.3, 0.4) is 0 Å². The predicted octanol–water partition coefficient (Wildman–Crippen LogP) is 8.85. The summed E-state index contributed by atoms with van der Waals surface area (Å²) < 4.78 is 3.02. The molecule has 6 rings (SSSR count). The molecule has 0 fully saturated rings. The quantitative estimate of drug-likeness (QED) is 0.0772. The number of ketones is 1. The zero-order chi connectivity index (χ0) is 31.2. The van der Waals surface area contributed by atoms with Gasteiger partial charge in [0.1, 0.15) is 5.76 Å². The Morgan fingerprint density at radius 2 is 1.55 bits per heavy atom. The Morgan fingerprint density at radius 3 is 2.20 bits per heavy atom. The number of hydrogen-bond acceptors (Lipinski definition) is 3. The minimum atomic E-state index is -1.91. The molecule has 0 saturated carbocycles. The summed E-state index contributed by atoms with van der Waals surface area (Å²) in [6.07, 6.45) is 6.80. The third kappa shape index (κ3) is 5.74. The second kappa shape index (κ2) is 13.2. The molecular formula is C38H44IrNO2SeSi-. The van der Waals surface area contributed by atoms with E-state index in [0.717, 1.165) is 31.4 Å². The van der Waals surface area contributed by atoms with E-state index in [1.807, 2.05) is 47.7 Å². The molecule has 6 heteroatoms. The van der Waals surface area contributed by atoms with Crippen LogP contribution >= 0.6 is 0 Å². The first-order valence-electron chi connectivity index (χ1n) is 15.7. The Morgan fingerprint density at radius 1 is 0.909 bits per heavy atom. The zero-order valence-electron chi connectivity index (χ0n) is 27.2. The maximum Gasteiger partial charge on any atom is 0 e. The fourth-order valence-electron chi connectivity index (χ4n) is 6.32. The summed E-state index contributed by atoms with van der Waals surface area (Å²) in [5, 5.41) is 18.7. The summed E-state index contributed by atoms with van der Waals surface area (Å²) in [5.74, 6) is 0.286. The number of pyridine rings is 1. The topological polar surface area (TPSA) is 50.2 Å². The predicted molar refractivity (Wildman–Crippen MR) is 188 cm³/mol. The second-order valence-corrected chi connectivity index (χ2v) is 19.6. The molecule has 1 aliphatic heterocycles. The third-order valence-corrected chi connectivity index (χ3v) is 16.3. The molecule has 1 radical (unpaired) electrons. The molecule has 1 N–H and O–H groups in total. The zero-order valence-corrected chi connectivity index (χ0v) is 32.3. The number of carbonyl (C=O) groups excluding carboxylic acids is 1. The monoisotopic (exact) mass is 847 g/mol. The van der Waals surface area contributed by atoms with Gasteiger partial charge in [0.2, 0.25) is 0 Å². The van der Waals surface area contributed by atoms with Crippen LogP contribution in [0.5, 0.6) is 0 Å². The number of aromatic nitrogens is 1. The van der Waals surface area contributed by atoms with E-state index in [1.54, 1.807) is 5.19 Å². The summed E-state index contributed by atoms with van der Waals surface area (Å²) in [7, 11) is -1.91. The van der Waals surface area contributed by atoms with Crippen LogP contribution in [0.4, 0.5) is 0 Å². The molecule has 5 aromatic rings. The number of aliphatic hydroxyl groups excluding tert-OH is 1. The molecule has 3 aromatic carbocycles. The Hall–Kier alpha value is -2.33. The Bertz CT molecular complexity index is 1860. The van der Waals surface area contributed by atoms with Crippen molar-refractivity contribution in [3.63, 3.8) is 0 Å². The van der Waals surface area contributed by atoms with Crippen molar-refractivity contribution >= 4 is 68.8 Å². The van der Waals surface area contributed by atoms with Crippen LogP contribution in [0.1, 0.15) is 67.2 Å². The molecule has 0 aliphatic carbocycles. The van der Waals surface area contributed by atoms with E-state index in [1.165, 1.54) is 46.9 Å². The fourth-order valence-corrected chi connectivity index (χ4v) is 12.3. The number of allylic oxidation sites excluding steroid dienone is 2. The van der Waals surface area contributed by atoms with Crippen molar-refractivity contribution in [2.24, 2.45) is 10.8 Å². The molecule has 233 valence electrons. The molecule has 0 unspecified atom stereocenters. The largest absolute Gasteiger partial charge is 0 e. The van der Waals surface area contributed by atoms with Crippen molar-refractivity contribution in [3.8, 4) is 11.3 Å². The van der Waals surface area contributed by atoms with Crippen molar-refractivity contribution in [2.45, 2.75) is 80.3 Å². The molecule has 0 bridgehead atoms. The van der Waals surface area contributed by atoms with Crippen molar-refractivity contribution in [1.29, 1.82) is 0 Å². The van der Waals surface area contributed by atoms with Gasteiger partial charge in [0.05, 0.1) is 0 Å². The molecule has 1 aliphatic rings. The summed E-state index contributed by atoms with van der Waals surface area (Å²) in [4.78, 5) is 17.2. The number of nitrogens with zero attached hydrogens (tertiary/aromatic N) is 1. The minimum Gasteiger partial charge on any atom is 0 e. The average molecular weight is 846 g/mol. The first-order valence-corrected chi connectivity index (χ1v) is 20.4. The van der Waals surface area contributed by atoms with Gasteiger partial charge in [-0.2, -0.15) is 0 Å². The van der Waals surface area contributed by atoms with Gasteiger partial charge in [-0.1, -0.05) is 41.5 Å². The van der Waals surface area contributed by atoms with Gasteiger partial charge in [0, 0.05) is 37.0 Å². The van der Waals surface area contributed by atoms with Crippen molar-refractivity contribution < 1.29 is 30.0 Å². The van der Waals surface area contributed by atoms with E-state index in [4.69, 9.17) is 4.98 Å². The van der Waals surface area contributed by atoms with E-state index >= 15 is 0 Å². The van der Waals surface area contributed by atoms with Crippen molar-refractivity contribution in [1.82, 2.24) is 4.98 Å². The second-order valence-electron chi connectivity index (χ2n) is 13.0. The molecule has 0 spiro atoms. The smallest absolute Gasteiger partial charge is 0 e. The SMILES string of the molecule is CCC(C)(CC)C(=O)/C=C(\O)C(C)(CC)CC.C[Si]1(C)c2c(ncc3ccccc23)-c2[c-]ccc3[se]c4cccc1c4c23.[Ir]. The maximum absolute atomic E-state index is 12.2. The van der Waals surface area contributed by atoms with E-state index in [9.17, 15) is 9.90 Å². The fraction of sp³-hybridized carbons (Fsp3) is 0.368. The summed E-state index contributed by atoms with van der Waals surface area (Å²) in [6.45, 7) is 17.1. The number of carbonyl (C=O) groups is 1. The van der Waals surface area contributed by atoms with E-state index in [0.29, 0.717) is 14.5 Å². The summed E-state index contributed by atoms with van der Waals surface area (Å²) in [5.41, 5.74) is 1.78. The third-order valence-electron chi connectivity index (χ3n) is 10.4. The number of hydrogen-bond donors (Lipinski definition) is 1. The van der Waals surface area contributed by atoms with Crippen LogP contribution in [0.25, 0.3) is 41.3 Å². The first kappa shape index (κ1) is 34.5. The molecule has 0 amide bonds.